The predicted octanol–water partition coefficient (Wildman–Crippen LogP) is 6.43. The van der Waals surface area contributed by atoms with Gasteiger partial charge in [0.1, 0.15) is 41.4 Å². The molecule has 0 radical (unpaired) electrons. The number of alkyl halides is 1. The summed E-state index contributed by atoms with van der Waals surface area (Å²) in [6.45, 7) is 2.94. The van der Waals surface area contributed by atoms with Gasteiger partial charge >= 0.3 is 6.01 Å². The van der Waals surface area contributed by atoms with Crippen molar-refractivity contribution in [1.82, 2.24) is 19.9 Å². The summed E-state index contributed by atoms with van der Waals surface area (Å²) in [6.07, 6.45) is 5.85. The van der Waals surface area contributed by atoms with E-state index in [1.807, 2.05) is 0 Å². The summed E-state index contributed by atoms with van der Waals surface area (Å²) in [5, 5.41) is 11.3. The standard InChI is InChI=1S/C30H29ClF3N5O2/c31-24-22(33)6-5-17-11-19(40)12-20(23(17)24)26-25(34)27-21(14-35-26)28(38-8-2-1-3-9-38)37-29(36-27)41-16-30-7-4-10-39(30)15-18(32)13-30/h5-6,11-12,14,18,40H,1-4,7-10,13,15-16H2/t18-,30+/m1/s1. The molecule has 0 saturated carbocycles. The van der Waals surface area contributed by atoms with Crippen LogP contribution in [-0.4, -0.2) is 69.5 Å². The Balaban J connectivity index is 1.36. The number of benzene rings is 2. The van der Waals surface area contributed by atoms with Crippen molar-refractivity contribution in [2.45, 2.75) is 50.2 Å². The molecule has 5 heterocycles. The van der Waals surface area contributed by atoms with E-state index < -0.39 is 23.3 Å². The molecule has 1 N–H and O–H groups in total. The van der Waals surface area contributed by atoms with Crippen molar-refractivity contribution < 1.29 is 23.0 Å². The molecule has 3 aliphatic heterocycles. The molecule has 0 bridgehead atoms. The summed E-state index contributed by atoms with van der Waals surface area (Å²) in [6, 6.07) is 5.43. The molecular weight excluding hydrogens is 555 g/mol. The van der Waals surface area contributed by atoms with Crippen molar-refractivity contribution in [2.75, 3.05) is 37.7 Å². The average Bonchev–Trinajstić information content (AvgIpc) is 3.49. The first-order valence-electron chi connectivity index (χ1n) is 14.1. The number of aromatic hydroxyl groups is 1. The third-order valence-corrected chi connectivity index (χ3v) is 9.15. The lowest BCUT2D eigenvalue weighted by Gasteiger charge is -2.31. The molecule has 3 aliphatic rings. The van der Waals surface area contributed by atoms with Crippen LogP contribution in [0.4, 0.5) is 19.0 Å². The molecule has 2 aromatic carbocycles. The minimum Gasteiger partial charge on any atom is -0.508 e. The van der Waals surface area contributed by atoms with Gasteiger partial charge < -0.3 is 14.7 Å². The maximum Gasteiger partial charge on any atom is 0.319 e. The first-order valence-corrected chi connectivity index (χ1v) is 14.4. The maximum atomic E-state index is 16.5. The summed E-state index contributed by atoms with van der Waals surface area (Å²) < 4.78 is 51.4. The van der Waals surface area contributed by atoms with Gasteiger partial charge in [0.15, 0.2) is 5.82 Å². The third kappa shape index (κ3) is 4.52. The van der Waals surface area contributed by atoms with E-state index in [1.54, 1.807) is 0 Å². The molecule has 214 valence electrons. The van der Waals surface area contributed by atoms with Gasteiger partial charge in [0, 0.05) is 43.2 Å². The third-order valence-electron chi connectivity index (χ3n) is 8.78. The number of fused-ring (bicyclic) bond motifs is 3. The number of hydrogen-bond donors (Lipinski definition) is 1. The Kier molecular flexibility index (Phi) is 6.58. The van der Waals surface area contributed by atoms with Gasteiger partial charge in [-0.15, -0.1) is 0 Å². The van der Waals surface area contributed by atoms with E-state index in [2.05, 4.69) is 19.8 Å². The fourth-order valence-corrected chi connectivity index (χ4v) is 7.11. The molecule has 41 heavy (non-hydrogen) atoms. The first-order chi connectivity index (χ1) is 19.8. The highest BCUT2D eigenvalue weighted by molar-refractivity contribution is 6.37. The number of anilines is 1. The van der Waals surface area contributed by atoms with Crippen LogP contribution in [0.1, 0.15) is 38.5 Å². The maximum absolute atomic E-state index is 16.5. The van der Waals surface area contributed by atoms with Crippen molar-refractivity contribution in [3.8, 4) is 23.0 Å². The fourth-order valence-electron chi connectivity index (χ4n) is 6.84. The van der Waals surface area contributed by atoms with E-state index in [0.717, 1.165) is 51.7 Å². The van der Waals surface area contributed by atoms with Crippen molar-refractivity contribution in [3.63, 3.8) is 0 Å². The number of ether oxygens (including phenoxy) is 1. The fraction of sp³-hybridized carbons (Fsp3) is 0.433. The lowest BCUT2D eigenvalue weighted by Crippen LogP contribution is -2.43. The number of pyridine rings is 1. The number of phenols is 1. The quantitative estimate of drug-likeness (QED) is 0.290. The summed E-state index contributed by atoms with van der Waals surface area (Å²) in [7, 11) is 0. The van der Waals surface area contributed by atoms with Gasteiger partial charge in [-0.25, -0.2) is 13.2 Å². The Morgan fingerprint density at radius 3 is 2.73 bits per heavy atom. The monoisotopic (exact) mass is 583 g/mol. The van der Waals surface area contributed by atoms with Crippen LogP contribution < -0.4 is 9.64 Å². The molecule has 7 nitrogen and oxygen atoms in total. The molecule has 2 aromatic heterocycles. The van der Waals surface area contributed by atoms with Gasteiger partial charge in [0.05, 0.1) is 15.9 Å². The molecule has 7 rings (SSSR count). The number of nitrogens with zero attached hydrogens (tertiary/aromatic N) is 5. The van der Waals surface area contributed by atoms with Gasteiger partial charge in [0.2, 0.25) is 0 Å². The lowest BCUT2D eigenvalue weighted by atomic mass is 9.95. The molecule has 0 unspecified atom stereocenters. The molecule has 0 amide bonds. The second kappa shape index (κ2) is 10.2. The normalized spacial score (nSPS) is 23.0. The number of aromatic nitrogens is 3. The molecule has 2 atom stereocenters. The Hall–Kier alpha value is -3.37. The SMILES string of the molecule is Oc1cc(-c2ncc3c(N4CCCCC4)nc(OC[C@@]45CCCN4C[C@H](F)C5)nc3c2F)c2c(Cl)c(F)ccc2c1. The van der Waals surface area contributed by atoms with E-state index >= 15 is 4.39 Å². The van der Waals surface area contributed by atoms with E-state index in [4.69, 9.17) is 21.3 Å². The van der Waals surface area contributed by atoms with Crippen LogP contribution in [-0.2, 0) is 0 Å². The average molecular weight is 584 g/mol. The molecule has 3 fully saturated rings. The van der Waals surface area contributed by atoms with Gasteiger partial charge in [0.25, 0.3) is 0 Å². The molecular formula is C30H29ClF3N5O2. The van der Waals surface area contributed by atoms with Crippen molar-refractivity contribution in [2.24, 2.45) is 0 Å². The number of hydrogen-bond acceptors (Lipinski definition) is 7. The first kappa shape index (κ1) is 26.5. The van der Waals surface area contributed by atoms with Gasteiger partial charge in [-0.3, -0.25) is 9.88 Å². The number of phenolic OH excluding ortho intramolecular Hbond substituents is 1. The lowest BCUT2D eigenvalue weighted by molar-refractivity contribution is 0.107. The zero-order chi connectivity index (χ0) is 28.3. The topological polar surface area (TPSA) is 74.6 Å². The summed E-state index contributed by atoms with van der Waals surface area (Å²) in [4.78, 5) is 17.9. The number of rotatable bonds is 5. The molecule has 4 aromatic rings. The van der Waals surface area contributed by atoms with Gasteiger partial charge in [-0.1, -0.05) is 17.7 Å². The summed E-state index contributed by atoms with van der Waals surface area (Å²) in [5.74, 6) is -1.03. The van der Waals surface area contributed by atoms with Crippen LogP contribution in [0.3, 0.4) is 0 Å². The van der Waals surface area contributed by atoms with Crippen molar-refractivity contribution in [1.29, 1.82) is 0 Å². The van der Waals surface area contributed by atoms with Crippen LogP contribution in [0, 0.1) is 11.6 Å². The van der Waals surface area contributed by atoms with Gasteiger partial charge in [-0.05, 0) is 62.2 Å². The van der Waals surface area contributed by atoms with Crippen LogP contribution in [0.5, 0.6) is 11.8 Å². The van der Waals surface area contributed by atoms with Crippen LogP contribution >= 0.6 is 11.6 Å². The predicted molar refractivity (Wildman–Crippen MR) is 151 cm³/mol. The van der Waals surface area contributed by atoms with Crippen molar-refractivity contribution >= 4 is 39.1 Å². The second-order valence-electron chi connectivity index (χ2n) is 11.4. The molecule has 0 spiro atoms. The van der Waals surface area contributed by atoms with Gasteiger partial charge in [-0.2, -0.15) is 9.97 Å². The van der Waals surface area contributed by atoms with E-state index in [-0.39, 0.29) is 45.5 Å². The van der Waals surface area contributed by atoms with Crippen LogP contribution in [0.25, 0.3) is 32.9 Å². The largest absolute Gasteiger partial charge is 0.508 e. The Labute approximate surface area is 239 Å². The minimum atomic E-state index is -0.903. The number of halogens is 4. The zero-order valence-electron chi connectivity index (χ0n) is 22.3. The highest BCUT2D eigenvalue weighted by atomic mass is 35.5. The van der Waals surface area contributed by atoms with Crippen molar-refractivity contribution in [3.05, 3.63) is 47.1 Å². The Morgan fingerprint density at radius 1 is 1.07 bits per heavy atom. The Bertz CT molecular complexity index is 1670. The highest BCUT2D eigenvalue weighted by Crippen LogP contribution is 2.42. The Morgan fingerprint density at radius 2 is 1.90 bits per heavy atom. The van der Waals surface area contributed by atoms with E-state index in [0.29, 0.717) is 29.6 Å². The molecule has 0 aliphatic carbocycles. The zero-order valence-corrected chi connectivity index (χ0v) is 23.1. The highest BCUT2D eigenvalue weighted by Gasteiger charge is 2.49. The van der Waals surface area contributed by atoms with E-state index in [1.165, 1.54) is 30.5 Å². The van der Waals surface area contributed by atoms with E-state index in [9.17, 15) is 13.9 Å². The van der Waals surface area contributed by atoms with Crippen LogP contribution in [0.15, 0.2) is 30.5 Å². The molecule has 11 heteroatoms. The minimum absolute atomic E-state index is 0.000148. The summed E-state index contributed by atoms with van der Waals surface area (Å²) >= 11 is 6.32. The number of piperidine rings is 1. The summed E-state index contributed by atoms with van der Waals surface area (Å²) in [5.41, 5.74) is -0.395. The smallest absolute Gasteiger partial charge is 0.319 e. The second-order valence-corrected chi connectivity index (χ2v) is 11.8. The molecule has 3 saturated heterocycles. The van der Waals surface area contributed by atoms with Crippen LogP contribution in [0.2, 0.25) is 5.02 Å².